The lowest BCUT2D eigenvalue weighted by atomic mass is 10.3. The highest BCUT2D eigenvalue weighted by atomic mass is 28.4. The Labute approximate surface area is 82.4 Å². The second-order valence-electron chi connectivity index (χ2n) is 3.26. The lowest BCUT2D eigenvalue weighted by Gasteiger charge is -2.21. The van der Waals surface area contributed by atoms with E-state index in [2.05, 4.69) is 25.4 Å². The van der Waals surface area contributed by atoms with Crippen LogP contribution in [0.2, 0.25) is 12.6 Å². The van der Waals surface area contributed by atoms with E-state index in [0.717, 1.165) is 19.0 Å². The Bertz CT molecular complexity index is 167. The van der Waals surface area contributed by atoms with Crippen molar-refractivity contribution in [1.29, 1.82) is 0 Å². The van der Waals surface area contributed by atoms with Crippen LogP contribution >= 0.6 is 0 Å². The normalized spacial score (nSPS) is 13.5. The molecular weight excluding hydrogens is 182 g/mol. The Kier molecular flexibility index (Phi) is 6.20. The van der Waals surface area contributed by atoms with E-state index < -0.39 is 8.56 Å². The summed E-state index contributed by atoms with van der Waals surface area (Å²) in [5, 5.41) is 0. The molecule has 0 fully saturated rings. The molecule has 0 rings (SSSR count). The number of hydrogen-bond acceptors (Lipinski definition) is 3. The van der Waals surface area contributed by atoms with Crippen molar-refractivity contribution in [1.82, 2.24) is 0 Å². The fourth-order valence-electron chi connectivity index (χ4n) is 0.849. The van der Waals surface area contributed by atoms with E-state index in [9.17, 15) is 0 Å². The molecule has 0 amide bonds. The lowest BCUT2D eigenvalue weighted by molar-refractivity contribution is 0.250. The molecule has 13 heavy (non-hydrogen) atoms. The molecule has 0 aromatic rings. The molecule has 78 valence electrons. The predicted molar refractivity (Wildman–Crippen MR) is 58.7 cm³/mol. The predicted octanol–water partition coefficient (Wildman–Crippen LogP) is 2.22. The topological polar surface area (TPSA) is 30.8 Å². The Morgan fingerprint density at radius 2 is 1.85 bits per heavy atom. The zero-order valence-electron chi connectivity index (χ0n) is 9.39. The fraction of sp³-hybridized carbons (Fsp3) is 0.889. The summed E-state index contributed by atoms with van der Waals surface area (Å²) < 4.78 is 10.7. The van der Waals surface area contributed by atoms with Gasteiger partial charge in [-0.25, -0.2) is 0 Å². The highest BCUT2D eigenvalue weighted by Crippen LogP contribution is 2.10. The van der Waals surface area contributed by atoms with Crippen LogP contribution in [-0.2, 0) is 8.85 Å². The van der Waals surface area contributed by atoms with Crippen molar-refractivity contribution < 1.29 is 8.85 Å². The average molecular weight is 203 g/mol. The fourth-order valence-corrected chi connectivity index (χ4v) is 1.94. The van der Waals surface area contributed by atoms with Gasteiger partial charge in [0, 0.05) is 32.5 Å². The quantitative estimate of drug-likeness (QED) is 0.489. The molecule has 0 N–H and O–H groups in total. The summed E-state index contributed by atoms with van der Waals surface area (Å²) in [6, 6.07) is 0.928. The van der Waals surface area contributed by atoms with Gasteiger partial charge in [-0.05, 0) is 19.9 Å². The summed E-state index contributed by atoms with van der Waals surface area (Å²) in [7, 11) is 1.54. The van der Waals surface area contributed by atoms with Gasteiger partial charge in [0.2, 0.25) is 0 Å². The molecule has 0 aliphatic heterocycles. The van der Waals surface area contributed by atoms with Gasteiger partial charge in [0.25, 0.3) is 0 Å². The standard InChI is InChI=1S/C9H21NO2Si/c1-6-9(2)10-7-8-13(5,11-3)12-4/h6-8H2,1-5H3/b10-9+. The minimum Gasteiger partial charge on any atom is -0.398 e. The summed E-state index contributed by atoms with van der Waals surface area (Å²) in [4.78, 5) is 4.41. The van der Waals surface area contributed by atoms with Crippen molar-refractivity contribution in [3.63, 3.8) is 0 Å². The van der Waals surface area contributed by atoms with Crippen molar-refractivity contribution in [3.8, 4) is 0 Å². The first-order valence-electron chi connectivity index (χ1n) is 4.68. The third-order valence-corrected chi connectivity index (χ3v) is 5.18. The van der Waals surface area contributed by atoms with Crippen LogP contribution in [0.15, 0.2) is 4.99 Å². The van der Waals surface area contributed by atoms with Crippen molar-refractivity contribution >= 4 is 14.3 Å². The van der Waals surface area contributed by atoms with E-state index in [1.54, 1.807) is 14.2 Å². The summed E-state index contributed by atoms with van der Waals surface area (Å²) >= 11 is 0. The molecule has 0 saturated heterocycles. The van der Waals surface area contributed by atoms with Crippen LogP contribution in [-0.4, -0.2) is 35.0 Å². The highest BCUT2D eigenvalue weighted by Gasteiger charge is 2.27. The molecule has 4 heteroatoms. The van der Waals surface area contributed by atoms with Crippen LogP contribution in [0.25, 0.3) is 0 Å². The summed E-state index contributed by atoms with van der Waals surface area (Å²) in [5.41, 5.74) is 1.20. The second kappa shape index (κ2) is 6.29. The van der Waals surface area contributed by atoms with Crippen molar-refractivity contribution in [2.75, 3.05) is 20.8 Å². The third-order valence-electron chi connectivity index (χ3n) is 2.32. The van der Waals surface area contributed by atoms with Crippen LogP contribution < -0.4 is 0 Å². The summed E-state index contributed by atoms with van der Waals surface area (Å²) in [6.07, 6.45) is 1.03. The van der Waals surface area contributed by atoms with Gasteiger partial charge in [0.15, 0.2) is 0 Å². The Morgan fingerprint density at radius 1 is 1.31 bits per heavy atom. The molecule has 0 heterocycles. The number of hydrogen-bond donors (Lipinski definition) is 0. The van der Waals surface area contributed by atoms with Gasteiger partial charge in [-0.2, -0.15) is 0 Å². The SMILES string of the molecule is CC/C(C)=N/CC[Si](C)(OC)OC. The van der Waals surface area contributed by atoms with Crippen molar-refractivity contribution in [3.05, 3.63) is 0 Å². The molecule has 0 aliphatic carbocycles. The second-order valence-corrected chi connectivity index (χ2v) is 6.85. The maximum Gasteiger partial charge on any atom is 0.336 e. The van der Waals surface area contributed by atoms with Crippen molar-refractivity contribution in [2.24, 2.45) is 4.99 Å². The van der Waals surface area contributed by atoms with E-state index in [4.69, 9.17) is 8.85 Å². The van der Waals surface area contributed by atoms with E-state index in [1.165, 1.54) is 5.71 Å². The van der Waals surface area contributed by atoms with Crippen molar-refractivity contribution in [2.45, 2.75) is 32.9 Å². The smallest absolute Gasteiger partial charge is 0.336 e. The zero-order valence-corrected chi connectivity index (χ0v) is 10.4. The van der Waals surface area contributed by atoms with E-state index in [-0.39, 0.29) is 0 Å². The van der Waals surface area contributed by atoms with Crippen LogP contribution in [0.3, 0.4) is 0 Å². The molecule has 0 bridgehead atoms. The Hall–Kier alpha value is -0.193. The van der Waals surface area contributed by atoms with Gasteiger partial charge in [-0.15, -0.1) is 0 Å². The summed E-state index contributed by atoms with van der Waals surface area (Å²) in [5.74, 6) is 0. The van der Waals surface area contributed by atoms with Gasteiger partial charge in [0.05, 0.1) is 0 Å². The number of nitrogens with zero attached hydrogens (tertiary/aromatic N) is 1. The minimum absolute atomic E-state index is 0.823. The molecule has 0 unspecified atom stereocenters. The van der Waals surface area contributed by atoms with Crippen LogP contribution in [0.5, 0.6) is 0 Å². The lowest BCUT2D eigenvalue weighted by Crippen LogP contribution is -2.36. The monoisotopic (exact) mass is 203 g/mol. The van der Waals surface area contributed by atoms with E-state index in [1.807, 2.05) is 0 Å². The Balaban J connectivity index is 3.86. The highest BCUT2D eigenvalue weighted by molar-refractivity contribution is 6.66. The first-order valence-corrected chi connectivity index (χ1v) is 7.20. The first kappa shape index (κ1) is 12.8. The van der Waals surface area contributed by atoms with Crippen LogP contribution in [0.1, 0.15) is 20.3 Å². The van der Waals surface area contributed by atoms with Gasteiger partial charge < -0.3 is 8.85 Å². The molecule has 0 radical (unpaired) electrons. The van der Waals surface area contributed by atoms with Crippen LogP contribution in [0.4, 0.5) is 0 Å². The summed E-state index contributed by atoms with van der Waals surface area (Å²) in [6.45, 7) is 7.05. The zero-order chi connectivity index (χ0) is 10.3. The van der Waals surface area contributed by atoms with Gasteiger partial charge in [-0.1, -0.05) is 6.92 Å². The number of aliphatic imine (C=N–C) groups is 1. The van der Waals surface area contributed by atoms with Gasteiger partial charge >= 0.3 is 8.56 Å². The molecule has 0 spiro atoms. The molecule has 0 saturated carbocycles. The molecule has 0 atom stereocenters. The van der Waals surface area contributed by atoms with Gasteiger partial charge in [0.1, 0.15) is 0 Å². The largest absolute Gasteiger partial charge is 0.398 e. The minimum atomic E-state index is -1.88. The first-order chi connectivity index (χ1) is 6.08. The number of rotatable bonds is 6. The van der Waals surface area contributed by atoms with E-state index in [0.29, 0.717) is 0 Å². The maximum atomic E-state index is 5.35. The molecule has 3 nitrogen and oxygen atoms in total. The molecule has 0 aromatic heterocycles. The molecule has 0 aromatic carbocycles. The molecular formula is C9H21NO2Si. The van der Waals surface area contributed by atoms with E-state index >= 15 is 0 Å². The Morgan fingerprint density at radius 3 is 2.23 bits per heavy atom. The third kappa shape index (κ3) is 5.18. The maximum absolute atomic E-state index is 5.35. The molecule has 0 aliphatic rings. The average Bonchev–Trinajstić information content (AvgIpc) is 2.17. The van der Waals surface area contributed by atoms with Crippen LogP contribution in [0, 0.1) is 0 Å². The van der Waals surface area contributed by atoms with Gasteiger partial charge in [-0.3, -0.25) is 4.99 Å².